The zero-order valence-electron chi connectivity index (χ0n) is 6.39. The molecule has 0 saturated heterocycles. The molecule has 2 aromatic rings. The summed E-state index contributed by atoms with van der Waals surface area (Å²) in [5.41, 5.74) is 1.08. The van der Waals surface area contributed by atoms with Crippen LogP contribution >= 0.6 is 67.8 Å². The third-order valence-electron chi connectivity index (χ3n) is 1.69. The van der Waals surface area contributed by atoms with Crippen LogP contribution in [0.1, 0.15) is 0 Å². The molecular weight excluding hydrogens is 503 g/mol. The van der Waals surface area contributed by atoms with E-state index in [-0.39, 0.29) is 0 Å². The van der Waals surface area contributed by atoms with Gasteiger partial charge in [-0.15, -0.1) is 0 Å². The highest BCUT2D eigenvalue weighted by molar-refractivity contribution is 14.1. The molecule has 1 aromatic heterocycles. The summed E-state index contributed by atoms with van der Waals surface area (Å²) in [6.07, 6.45) is 0. The van der Waals surface area contributed by atoms with Crippen molar-refractivity contribution in [1.29, 1.82) is 0 Å². The predicted octanol–water partition coefficient (Wildman–Crippen LogP) is 4.05. The molecule has 1 aromatic carbocycles. The molecule has 0 radical (unpaired) electrons. The molecule has 0 unspecified atom stereocenters. The molecule has 0 aliphatic rings. The highest BCUT2D eigenvalue weighted by Gasteiger charge is 2.01. The first-order chi connectivity index (χ1) is 6.16. The van der Waals surface area contributed by atoms with Crippen molar-refractivity contribution in [3.8, 4) is 0 Å². The maximum Gasteiger partial charge on any atom is 0.103 e. The molecule has 13 heavy (non-hydrogen) atoms. The Balaban J connectivity index is 2.87. The molecule has 0 atom stereocenters. The maximum atomic E-state index is 4.46. The molecular formula is C9H4I3N. The fourth-order valence-corrected chi connectivity index (χ4v) is 3.51. The first-order valence-electron chi connectivity index (χ1n) is 3.58. The van der Waals surface area contributed by atoms with Crippen molar-refractivity contribution in [2.75, 3.05) is 0 Å². The molecule has 0 fully saturated rings. The quantitative estimate of drug-likeness (QED) is 0.388. The fraction of sp³-hybridized carbons (Fsp3) is 0. The van der Waals surface area contributed by atoms with Crippen LogP contribution in [0.25, 0.3) is 10.9 Å². The number of benzene rings is 1. The molecule has 0 spiro atoms. The van der Waals surface area contributed by atoms with Gasteiger partial charge in [0, 0.05) is 12.5 Å². The number of fused-ring (bicyclic) bond motifs is 1. The van der Waals surface area contributed by atoms with Gasteiger partial charge in [0.05, 0.1) is 5.52 Å². The fourth-order valence-electron chi connectivity index (χ4n) is 1.13. The van der Waals surface area contributed by atoms with Gasteiger partial charge in [-0.05, 0) is 92.0 Å². The number of halogens is 3. The molecule has 0 aliphatic heterocycles. The van der Waals surface area contributed by atoms with Crippen molar-refractivity contribution in [1.82, 2.24) is 4.98 Å². The monoisotopic (exact) mass is 507 g/mol. The summed E-state index contributed by atoms with van der Waals surface area (Å²) in [5.74, 6) is 0. The van der Waals surface area contributed by atoms with Crippen LogP contribution in [0.4, 0.5) is 0 Å². The molecule has 0 aliphatic carbocycles. The van der Waals surface area contributed by atoms with Gasteiger partial charge in [0.2, 0.25) is 0 Å². The Morgan fingerprint density at radius 1 is 1.00 bits per heavy atom. The summed E-state index contributed by atoms with van der Waals surface area (Å²) in [4.78, 5) is 4.46. The van der Waals surface area contributed by atoms with Crippen LogP contribution in [0.3, 0.4) is 0 Å². The average molecular weight is 507 g/mol. The van der Waals surface area contributed by atoms with Crippen LogP contribution in [-0.2, 0) is 0 Å². The Bertz CT molecular complexity index is 468. The largest absolute Gasteiger partial charge is 0.242 e. The minimum atomic E-state index is 1.05. The van der Waals surface area contributed by atoms with Gasteiger partial charge in [-0.1, -0.05) is 0 Å². The average Bonchev–Trinajstić information content (AvgIpc) is 2.06. The Morgan fingerprint density at radius 3 is 2.54 bits per heavy atom. The van der Waals surface area contributed by atoms with Gasteiger partial charge in [0.15, 0.2) is 0 Å². The second-order valence-electron chi connectivity index (χ2n) is 2.59. The standard InChI is InChI=1S/C9H4I3N/c10-5-1-2-8-6(3-5)7(11)4-9(12)13-8/h1-4H. The van der Waals surface area contributed by atoms with E-state index in [0.717, 1.165) is 9.22 Å². The molecule has 1 nitrogen and oxygen atoms in total. The third kappa shape index (κ3) is 2.25. The van der Waals surface area contributed by atoms with Gasteiger partial charge in [0.25, 0.3) is 0 Å². The zero-order valence-corrected chi connectivity index (χ0v) is 12.9. The van der Waals surface area contributed by atoms with Gasteiger partial charge in [-0.3, -0.25) is 0 Å². The van der Waals surface area contributed by atoms with Gasteiger partial charge in [-0.2, -0.15) is 0 Å². The van der Waals surface area contributed by atoms with Crippen molar-refractivity contribution in [2.24, 2.45) is 0 Å². The number of hydrogen-bond acceptors (Lipinski definition) is 1. The number of aromatic nitrogens is 1. The molecule has 1 heterocycles. The molecule has 2 rings (SSSR count). The van der Waals surface area contributed by atoms with Crippen molar-refractivity contribution in [3.05, 3.63) is 35.1 Å². The van der Waals surface area contributed by atoms with Crippen LogP contribution in [0, 0.1) is 10.8 Å². The summed E-state index contributed by atoms with van der Waals surface area (Å²) >= 11 is 6.92. The minimum absolute atomic E-state index is 1.05. The lowest BCUT2D eigenvalue weighted by Crippen LogP contribution is -1.87. The lowest BCUT2D eigenvalue weighted by molar-refractivity contribution is 1.33. The van der Waals surface area contributed by atoms with Crippen LogP contribution in [0.2, 0.25) is 0 Å². The summed E-state index contributed by atoms with van der Waals surface area (Å²) in [6.45, 7) is 0. The van der Waals surface area contributed by atoms with Crippen LogP contribution in [0.15, 0.2) is 24.3 Å². The number of rotatable bonds is 0. The van der Waals surface area contributed by atoms with E-state index in [4.69, 9.17) is 0 Å². The Labute approximate surface area is 117 Å². The highest BCUT2D eigenvalue weighted by Crippen LogP contribution is 2.22. The summed E-state index contributed by atoms with van der Waals surface area (Å²) in [5, 5.41) is 1.24. The third-order valence-corrected chi connectivity index (χ3v) is 3.81. The maximum absolute atomic E-state index is 4.46. The number of pyridine rings is 1. The van der Waals surface area contributed by atoms with Gasteiger partial charge in [0.1, 0.15) is 3.70 Å². The van der Waals surface area contributed by atoms with Crippen molar-refractivity contribution in [2.45, 2.75) is 0 Å². The van der Waals surface area contributed by atoms with Crippen molar-refractivity contribution < 1.29 is 0 Å². The molecule has 0 amide bonds. The lowest BCUT2D eigenvalue weighted by Gasteiger charge is -2.01. The van der Waals surface area contributed by atoms with Gasteiger partial charge >= 0.3 is 0 Å². The van der Waals surface area contributed by atoms with E-state index < -0.39 is 0 Å². The Hall–Kier alpha value is 0.820. The first-order valence-corrected chi connectivity index (χ1v) is 6.82. The Kier molecular flexibility index (Phi) is 3.29. The highest BCUT2D eigenvalue weighted by atomic mass is 127. The SMILES string of the molecule is Ic1ccc2nc(I)cc(I)c2c1. The smallest absolute Gasteiger partial charge is 0.103 e. The molecule has 66 valence electrons. The predicted molar refractivity (Wildman–Crippen MR) is 79.9 cm³/mol. The van der Waals surface area contributed by atoms with Crippen LogP contribution < -0.4 is 0 Å². The van der Waals surface area contributed by atoms with Crippen LogP contribution in [0.5, 0.6) is 0 Å². The first kappa shape index (κ1) is 10.3. The number of nitrogens with zero attached hydrogens (tertiary/aromatic N) is 1. The molecule has 0 bridgehead atoms. The van der Waals surface area contributed by atoms with Crippen molar-refractivity contribution in [3.63, 3.8) is 0 Å². The summed E-state index contributed by atoms with van der Waals surface area (Å²) in [6, 6.07) is 8.42. The second-order valence-corrected chi connectivity index (χ2v) is 6.10. The Morgan fingerprint density at radius 2 is 1.77 bits per heavy atom. The van der Waals surface area contributed by atoms with E-state index in [1.54, 1.807) is 0 Å². The topological polar surface area (TPSA) is 12.9 Å². The molecule has 0 saturated carbocycles. The zero-order chi connectivity index (χ0) is 9.42. The normalized spacial score (nSPS) is 10.7. The minimum Gasteiger partial charge on any atom is -0.242 e. The van der Waals surface area contributed by atoms with Gasteiger partial charge < -0.3 is 0 Å². The van der Waals surface area contributed by atoms with Crippen LogP contribution in [-0.4, -0.2) is 4.98 Å². The van der Waals surface area contributed by atoms with E-state index in [1.807, 2.05) is 0 Å². The second kappa shape index (κ2) is 4.13. The summed E-state index contributed by atoms with van der Waals surface area (Å²) < 4.78 is 3.58. The molecule has 4 heteroatoms. The number of hydrogen-bond donors (Lipinski definition) is 0. The van der Waals surface area contributed by atoms with E-state index in [1.165, 1.54) is 12.5 Å². The lowest BCUT2D eigenvalue weighted by atomic mass is 10.2. The van der Waals surface area contributed by atoms with E-state index >= 15 is 0 Å². The van der Waals surface area contributed by atoms with E-state index in [9.17, 15) is 0 Å². The van der Waals surface area contributed by atoms with E-state index in [2.05, 4.69) is 97.0 Å². The van der Waals surface area contributed by atoms with Crippen molar-refractivity contribution >= 4 is 78.7 Å². The van der Waals surface area contributed by atoms with E-state index in [0.29, 0.717) is 0 Å². The summed E-state index contributed by atoms with van der Waals surface area (Å²) in [7, 11) is 0. The molecule has 0 N–H and O–H groups in total. The van der Waals surface area contributed by atoms with Gasteiger partial charge in [-0.25, -0.2) is 4.98 Å².